The molecule has 2 nitrogen and oxygen atoms in total. The molecule has 1 unspecified atom stereocenters. The summed E-state index contributed by atoms with van der Waals surface area (Å²) in [5, 5.41) is 8.74. The Kier molecular flexibility index (Phi) is 5.97. The number of hydrogen-bond donors (Lipinski definition) is 2. The van der Waals surface area contributed by atoms with Gasteiger partial charge >= 0.3 is 0 Å². The van der Waals surface area contributed by atoms with Crippen LogP contribution in [0.25, 0.3) is 0 Å². The highest BCUT2D eigenvalue weighted by Crippen LogP contribution is 2.23. The molecule has 0 rings (SSSR count). The van der Waals surface area contributed by atoms with Gasteiger partial charge in [-0.1, -0.05) is 20.8 Å². The van der Waals surface area contributed by atoms with Gasteiger partial charge < -0.3 is 9.84 Å². The lowest BCUT2D eigenvalue weighted by Crippen LogP contribution is -2.18. The smallest absolute Gasteiger partial charge is 0.0698 e. The minimum absolute atomic E-state index is 0.0933. The summed E-state index contributed by atoms with van der Waals surface area (Å²) in [7, 11) is 0. The predicted octanol–water partition coefficient (Wildman–Crippen LogP) is 1.73. The maximum Gasteiger partial charge on any atom is 0.0698 e. The van der Waals surface area contributed by atoms with Gasteiger partial charge in [0.2, 0.25) is 0 Å². The van der Waals surface area contributed by atoms with E-state index < -0.39 is 0 Å². The molecule has 0 radical (unpaired) electrons. The first-order valence-corrected chi connectivity index (χ1v) is 4.84. The third kappa shape index (κ3) is 8.37. The van der Waals surface area contributed by atoms with Crippen LogP contribution in [0.15, 0.2) is 0 Å². The summed E-state index contributed by atoms with van der Waals surface area (Å²) in [6, 6.07) is 0. The molecule has 74 valence electrons. The summed E-state index contributed by atoms with van der Waals surface area (Å²) in [4.78, 5) is 0. The van der Waals surface area contributed by atoms with Crippen LogP contribution < -0.4 is 0 Å². The van der Waals surface area contributed by atoms with Gasteiger partial charge in [0.05, 0.1) is 19.8 Å². The van der Waals surface area contributed by atoms with Crippen molar-refractivity contribution in [3.8, 4) is 0 Å². The molecule has 0 amide bonds. The first-order chi connectivity index (χ1) is 5.45. The van der Waals surface area contributed by atoms with E-state index in [-0.39, 0.29) is 11.9 Å². The van der Waals surface area contributed by atoms with Gasteiger partial charge in [-0.05, 0) is 11.8 Å². The van der Waals surface area contributed by atoms with E-state index in [9.17, 15) is 0 Å². The topological polar surface area (TPSA) is 29.5 Å². The van der Waals surface area contributed by atoms with E-state index >= 15 is 0 Å². The highest BCUT2D eigenvalue weighted by Gasteiger charge is 2.15. The number of rotatable bonds is 5. The lowest BCUT2D eigenvalue weighted by atomic mass is 9.90. The van der Waals surface area contributed by atoms with Crippen LogP contribution in [0.1, 0.15) is 27.2 Å². The molecule has 0 aromatic rings. The average Bonchev–Trinajstić information content (AvgIpc) is 1.84. The van der Waals surface area contributed by atoms with Crippen molar-refractivity contribution in [2.75, 3.05) is 19.8 Å². The molecule has 0 aromatic carbocycles. The molecule has 0 fully saturated rings. The van der Waals surface area contributed by atoms with E-state index in [4.69, 9.17) is 9.84 Å². The van der Waals surface area contributed by atoms with Gasteiger partial charge in [0, 0.05) is 5.25 Å². The van der Waals surface area contributed by atoms with E-state index in [0.717, 1.165) is 6.42 Å². The summed E-state index contributed by atoms with van der Waals surface area (Å²) in [5.74, 6) is 0. The second-order valence-corrected chi connectivity index (χ2v) is 4.95. The third-order valence-electron chi connectivity index (χ3n) is 1.39. The van der Waals surface area contributed by atoms with Crippen LogP contribution in [0.5, 0.6) is 0 Å². The Morgan fingerprint density at radius 3 is 2.42 bits per heavy atom. The second-order valence-electron chi connectivity index (χ2n) is 4.22. The van der Waals surface area contributed by atoms with Crippen LogP contribution in [0.4, 0.5) is 0 Å². The molecule has 0 aromatic heterocycles. The van der Waals surface area contributed by atoms with Crippen molar-refractivity contribution in [2.45, 2.75) is 32.4 Å². The fourth-order valence-electron chi connectivity index (χ4n) is 1.05. The maximum absolute atomic E-state index is 8.46. The summed E-state index contributed by atoms with van der Waals surface area (Å²) >= 11 is 4.39. The van der Waals surface area contributed by atoms with Crippen LogP contribution in [-0.4, -0.2) is 30.2 Å². The molecule has 1 atom stereocenters. The van der Waals surface area contributed by atoms with Gasteiger partial charge in [-0.3, -0.25) is 0 Å². The standard InChI is InChI=1S/C9H20O2S/c1-9(2,3)6-8(12)7-11-5-4-10/h8,10,12H,4-7H2,1-3H3. The lowest BCUT2D eigenvalue weighted by molar-refractivity contribution is 0.0884. The molecule has 0 aliphatic rings. The zero-order valence-corrected chi connectivity index (χ0v) is 9.10. The first kappa shape index (κ1) is 12.3. The van der Waals surface area contributed by atoms with Crippen molar-refractivity contribution < 1.29 is 9.84 Å². The fourth-order valence-corrected chi connectivity index (χ4v) is 1.70. The molecule has 0 heterocycles. The average molecular weight is 192 g/mol. The molecule has 1 N–H and O–H groups in total. The minimum atomic E-state index is 0.0933. The Labute approximate surface area is 80.7 Å². The summed E-state index contributed by atoms with van der Waals surface area (Å²) in [6.45, 7) is 7.69. The van der Waals surface area contributed by atoms with E-state index in [0.29, 0.717) is 18.6 Å². The van der Waals surface area contributed by atoms with Crippen LogP contribution in [0, 0.1) is 5.41 Å². The number of ether oxygens (including phenoxy) is 1. The van der Waals surface area contributed by atoms with E-state index in [1.54, 1.807) is 0 Å². The minimum Gasteiger partial charge on any atom is -0.394 e. The zero-order chi connectivity index (χ0) is 9.61. The van der Waals surface area contributed by atoms with Gasteiger partial charge in [0.1, 0.15) is 0 Å². The molecule has 0 saturated heterocycles. The number of hydrogen-bond acceptors (Lipinski definition) is 3. The number of thiol groups is 1. The number of aliphatic hydroxyl groups excluding tert-OH is 1. The van der Waals surface area contributed by atoms with E-state index in [2.05, 4.69) is 33.4 Å². The summed E-state index contributed by atoms with van der Waals surface area (Å²) in [6.07, 6.45) is 1.03. The van der Waals surface area contributed by atoms with Crippen LogP contribution in [-0.2, 0) is 4.74 Å². The quantitative estimate of drug-likeness (QED) is 0.513. The SMILES string of the molecule is CC(C)(C)CC(S)COCCO. The predicted molar refractivity (Wildman–Crippen MR) is 54.8 cm³/mol. The molecular weight excluding hydrogens is 172 g/mol. The van der Waals surface area contributed by atoms with Crippen molar-refractivity contribution in [2.24, 2.45) is 5.41 Å². The normalized spacial score (nSPS) is 14.8. The fraction of sp³-hybridized carbons (Fsp3) is 1.00. The van der Waals surface area contributed by atoms with Gasteiger partial charge in [0.25, 0.3) is 0 Å². The Hall–Kier alpha value is 0.270. The Morgan fingerprint density at radius 2 is 2.00 bits per heavy atom. The van der Waals surface area contributed by atoms with Crippen LogP contribution >= 0.6 is 12.6 Å². The lowest BCUT2D eigenvalue weighted by Gasteiger charge is -2.22. The molecular formula is C9H20O2S. The molecule has 0 aliphatic carbocycles. The summed E-state index contributed by atoms with van der Waals surface area (Å²) < 4.78 is 5.16. The van der Waals surface area contributed by atoms with Crippen LogP contribution in [0.2, 0.25) is 0 Å². The maximum atomic E-state index is 8.46. The Balaban J connectivity index is 3.40. The highest BCUT2D eigenvalue weighted by atomic mass is 32.1. The summed E-state index contributed by atoms with van der Waals surface area (Å²) in [5.41, 5.74) is 0.301. The third-order valence-corrected chi connectivity index (χ3v) is 1.73. The molecule has 0 bridgehead atoms. The Bertz CT molecular complexity index is 110. The van der Waals surface area contributed by atoms with Crippen molar-refractivity contribution in [1.29, 1.82) is 0 Å². The van der Waals surface area contributed by atoms with Gasteiger partial charge in [-0.2, -0.15) is 12.6 Å². The highest BCUT2D eigenvalue weighted by molar-refractivity contribution is 7.81. The molecule has 0 saturated carbocycles. The number of aliphatic hydroxyl groups is 1. The molecule has 3 heteroatoms. The largest absolute Gasteiger partial charge is 0.394 e. The first-order valence-electron chi connectivity index (χ1n) is 4.32. The van der Waals surface area contributed by atoms with E-state index in [1.165, 1.54) is 0 Å². The molecule has 12 heavy (non-hydrogen) atoms. The second kappa shape index (κ2) is 5.84. The molecule has 0 aliphatic heterocycles. The van der Waals surface area contributed by atoms with E-state index in [1.807, 2.05) is 0 Å². The van der Waals surface area contributed by atoms with Crippen molar-refractivity contribution in [1.82, 2.24) is 0 Å². The van der Waals surface area contributed by atoms with Crippen molar-refractivity contribution >= 4 is 12.6 Å². The van der Waals surface area contributed by atoms with Gasteiger partial charge in [0.15, 0.2) is 0 Å². The monoisotopic (exact) mass is 192 g/mol. The zero-order valence-electron chi connectivity index (χ0n) is 8.21. The van der Waals surface area contributed by atoms with Crippen molar-refractivity contribution in [3.63, 3.8) is 0 Å². The van der Waals surface area contributed by atoms with Crippen LogP contribution in [0.3, 0.4) is 0 Å². The van der Waals surface area contributed by atoms with Gasteiger partial charge in [-0.15, -0.1) is 0 Å². The Morgan fingerprint density at radius 1 is 1.42 bits per heavy atom. The van der Waals surface area contributed by atoms with Crippen molar-refractivity contribution in [3.05, 3.63) is 0 Å². The van der Waals surface area contributed by atoms with Gasteiger partial charge in [-0.25, -0.2) is 0 Å². The molecule has 0 spiro atoms.